The minimum atomic E-state index is 0.140. The normalized spacial score (nSPS) is 11.4. The van der Waals surface area contributed by atoms with Gasteiger partial charge < -0.3 is 5.32 Å². The molecule has 0 aliphatic rings. The summed E-state index contributed by atoms with van der Waals surface area (Å²) in [5, 5.41) is 3.42. The lowest BCUT2D eigenvalue weighted by molar-refractivity contribution is 0.634. The maximum Gasteiger partial charge on any atom is 0.0344 e. The number of nitrogens with one attached hydrogen (secondary N) is 1. The summed E-state index contributed by atoms with van der Waals surface area (Å²) in [6, 6.07) is 8.52. The van der Waals surface area contributed by atoms with Gasteiger partial charge in [0, 0.05) is 16.1 Å². The Bertz CT molecular complexity index is 258. The minimum Gasteiger partial charge on any atom is -0.380 e. The zero-order valence-corrected chi connectivity index (χ0v) is 9.53. The lowest BCUT2D eigenvalue weighted by Crippen LogP contribution is -2.25. The van der Waals surface area contributed by atoms with E-state index in [4.69, 9.17) is 0 Å². The highest BCUT2D eigenvalue weighted by molar-refractivity contribution is 7.98. The zero-order chi connectivity index (χ0) is 9.90. The molecule has 0 spiro atoms. The molecule has 72 valence electrons. The second-order valence-electron chi connectivity index (χ2n) is 4.10. The molecule has 1 nitrogen and oxygen atoms in total. The second-order valence-corrected chi connectivity index (χ2v) is 4.98. The molecule has 1 aromatic carbocycles. The van der Waals surface area contributed by atoms with Gasteiger partial charge in [-0.2, -0.15) is 0 Å². The average Bonchev–Trinajstić information content (AvgIpc) is 2.03. The molecule has 0 aliphatic heterocycles. The standard InChI is InChI=1S/C11H17NS/c1-11(2,3)12-9-5-7-10(13-4)8-6-9/h5-8,12H,1-4H3. The molecule has 1 N–H and O–H groups in total. The van der Waals surface area contributed by atoms with Crippen molar-refractivity contribution < 1.29 is 0 Å². The molecule has 0 saturated heterocycles. The monoisotopic (exact) mass is 195 g/mol. The fourth-order valence-electron chi connectivity index (χ4n) is 1.11. The van der Waals surface area contributed by atoms with Gasteiger partial charge in [-0.3, -0.25) is 0 Å². The SMILES string of the molecule is CSc1ccc(NC(C)(C)C)cc1. The summed E-state index contributed by atoms with van der Waals surface area (Å²) in [5.74, 6) is 0. The Labute approximate surface area is 84.9 Å². The van der Waals surface area contributed by atoms with Crippen LogP contribution in [0.15, 0.2) is 29.2 Å². The summed E-state index contributed by atoms with van der Waals surface area (Å²) in [4.78, 5) is 1.31. The Hall–Kier alpha value is -0.630. The Balaban J connectivity index is 2.70. The Morgan fingerprint density at radius 1 is 1.08 bits per heavy atom. The van der Waals surface area contributed by atoms with Crippen LogP contribution >= 0.6 is 11.8 Å². The van der Waals surface area contributed by atoms with Crippen LogP contribution < -0.4 is 5.32 Å². The molecule has 0 atom stereocenters. The lowest BCUT2D eigenvalue weighted by atomic mass is 10.1. The Morgan fingerprint density at radius 2 is 1.62 bits per heavy atom. The van der Waals surface area contributed by atoms with Crippen LogP contribution in [0.2, 0.25) is 0 Å². The molecular formula is C11H17NS. The van der Waals surface area contributed by atoms with Gasteiger partial charge in [0.2, 0.25) is 0 Å². The fraction of sp³-hybridized carbons (Fsp3) is 0.455. The smallest absolute Gasteiger partial charge is 0.0344 e. The van der Waals surface area contributed by atoms with E-state index in [1.54, 1.807) is 11.8 Å². The van der Waals surface area contributed by atoms with E-state index in [1.807, 2.05) is 0 Å². The van der Waals surface area contributed by atoms with Crippen molar-refractivity contribution in [3.63, 3.8) is 0 Å². The number of rotatable bonds is 2. The summed E-state index contributed by atoms with van der Waals surface area (Å²) < 4.78 is 0. The van der Waals surface area contributed by atoms with Gasteiger partial charge in [0.1, 0.15) is 0 Å². The van der Waals surface area contributed by atoms with Crippen molar-refractivity contribution in [3.05, 3.63) is 24.3 Å². The molecule has 1 rings (SSSR count). The number of anilines is 1. The van der Waals surface area contributed by atoms with Gasteiger partial charge in [0.05, 0.1) is 0 Å². The zero-order valence-electron chi connectivity index (χ0n) is 8.72. The van der Waals surface area contributed by atoms with Gasteiger partial charge in [0.15, 0.2) is 0 Å². The van der Waals surface area contributed by atoms with Crippen LogP contribution in [-0.2, 0) is 0 Å². The molecule has 1 aromatic rings. The number of hydrogen-bond acceptors (Lipinski definition) is 2. The molecule has 0 radical (unpaired) electrons. The second kappa shape index (κ2) is 4.05. The van der Waals surface area contributed by atoms with Crippen LogP contribution in [0.3, 0.4) is 0 Å². The molecule has 0 aromatic heterocycles. The summed E-state index contributed by atoms with van der Waals surface area (Å²) in [6.07, 6.45) is 2.09. The minimum absolute atomic E-state index is 0.140. The first-order chi connectivity index (χ1) is 6.01. The van der Waals surface area contributed by atoms with Gasteiger partial charge in [-0.05, 0) is 51.3 Å². The van der Waals surface area contributed by atoms with Crippen molar-refractivity contribution in [2.75, 3.05) is 11.6 Å². The highest BCUT2D eigenvalue weighted by Gasteiger charge is 2.08. The van der Waals surface area contributed by atoms with E-state index in [0.29, 0.717) is 0 Å². The van der Waals surface area contributed by atoms with E-state index in [0.717, 1.165) is 0 Å². The van der Waals surface area contributed by atoms with E-state index in [-0.39, 0.29) is 5.54 Å². The van der Waals surface area contributed by atoms with Gasteiger partial charge >= 0.3 is 0 Å². The summed E-state index contributed by atoms with van der Waals surface area (Å²) in [7, 11) is 0. The van der Waals surface area contributed by atoms with Crippen LogP contribution in [0.1, 0.15) is 20.8 Å². The molecule has 13 heavy (non-hydrogen) atoms. The Morgan fingerprint density at radius 3 is 2.00 bits per heavy atom. The number of thioether (sulfide) groups is 1. The topological polar surface area (TPSA) is 12.0 Å². The van der Waals surface area contributed by atoms with E-state index >= 15 is 0 Å². The van der Waals surface area contributed by atoms with Crippen LogP contribution in [0.5, 0.6) is 0 Å². The van der Waals surface area contributed by atoms with Crippen molar-refractivity contribution in [1.82, 2.24) is 0 Å². The molecular weight excluding hydrogens is 178 g/mol. The van der Waals surface area contributed by atoms with Gasteiger partial charge in [-0.25, -0.2) is 0 Å². The molecule has 0 bridgehead atoms. The van der Waals surface area contributed by atoms with Crippen molar-refractivity contribution in [1.29, 1.82) is 0 Å². The quantitative estimate of drug-likeness (QED) is 0.723. The lowest BCUT2D eigenvalue weighted by Gasteiger charge is -2.22. The molecule has 0 aliphatic carbocycles. The summed E-state index contributed by atoms with van der Waals surface area (Å²) >= 11 is 1.77. The third kappa shape index (κ3) is 3.73. The molecule has 0 unspecified atom stereocenters. The predicted molar refractivity (Wildman–Crippen MR) is 61.6 cm³/mol. The highest BCUT2D eigenvalue weighted by Crippen LogP contribution is 2.19. The first-order valence-corrected chi connectivity index (χ1v) is 5.66. The summed E-state index contributed by atoms with van der Waals surface area (Å²) in [6.45, 7) is 6.49. The van der Waals surface area contributed by atoms with Crippen LogP contribution in [0.25, 0.3) is 0 Å². The van der Waals surface area contributed by atoms with Crippen molar-refractivity contribution in [2.45, 2.75) is 31.2 Å². The van der Waals surface area contributed by atoms with Gasteiger partial charge in [-0.1, -0.05) is 0 Å². The number of benzene rings is 1. The number of hydrogen-bond donors (Lipinski definition) is 1. The molecule has 2 heteroatoms. The highest BCUT2D eigenvalue weighted by atomic mass is 32.2. The first-order valence-electron chi connectivity index (χ1n) is 4.43. The third-order valence-corrected chi connectivity index (χ3v) is 2.35. The van der Waals surface area contributed by atoms with Crippen molar-refractivity contribution in [2.24, 2.45) is 0 Å². The van der Waals surface area contributed by atoms with E-state index in [9.17, 15) is 0 Å². The van der Waals surface area contributed by atoms with Gasteiger partial charge in [-0.15, -0.1) is 11.8 Å². The van der Waals surface area contributed by atoms with E-state index in [2.05, 4.69) is 56.6 Å². The maximum absolute atomic E-state index is 3.42. The molecule has 0 amide bonds. The maximum atomic E-state index is 3.42. The Kier molecular flexibility index (Phi) is 3.26. The van der Waals surface area contributed by atoms with Crippen LogP contribution in [-0.4, -0.2) is 11.8 Å². The fourth-order valence-corrected chi connectivity index (χ4v) is 1.52. The first kappa shape index (κ1) is 10.5. The average molecular weight is 195 g/mol. The largest absolute Gasteiger partial charge is 0.380 e. The van der Waals surface area contributed by atoms with Crippen molar-refractivity contribution >= 4 is 17.4 Å². The van der Waals surface area contributed by atoms with E-state index in [1.165, 1.54) is 10.6 Å². The predicted octanol–water partition coefficient (Wildman–Crippen LogP) is 3.62. The van der Waals surface area contributed by atoms with Crippen LogP contribution in [0.4, 0.5) is 5.69 Å². The van der Waals surface area contributed by atoms with E-state index < -0.39 is 0 Å². The van der Waals surface area contributed by atoms with Gasteiger partial charge in [0.25, 0.3) is 0 Å². The van der Waals surface area contributed by atoms with Crippen LogP contribution in [0, 0.1) is 0 Å². The summed E-state index contributed by atoms with van der Waals surface area (Å²) in [5.41, 5.74) is 1.33. The third-order valence-electron chi connectivity index (χ3n) is 1.61. The molecule has 0 saturated carbocycles. The molecule has 0 heterocycles. The van der Waals surface area contributed by atoms with Crippen molar-refractivity contribution in [3.8, 4) is 0 Å². The molecule has 0 fully saturated rings.